The number of sulfonamides is 1. The fourth-order valence-electron chi connectivity index (χ4n) is 2.67. The number of rotatable bonds is 6. The molecule has 28 heavy (non-hydrogen) atoms. The van der Waals surface area contributed by atoms with E-state index in [9.17, 15) is 17.6 Å². The molecule has 1 aliphatic rings. The van der Waals surface area contributed by atoms with Gasteiger partial charge in [-0.1, -0.05) is 24.3 Å². The van der Waals surface area contributed by atoms with E-state index in [2.05, 4.69) is 0 Å². The van der Waals surface area contributed by atoms with E-state index in [1.807, 2.05) is 0 Å². The van der Waals surface area contributed by atoms with Crippen molar-refractivity contribution in [3.05, 3.63) is 71.6 Å². The lowest BCUT2D eigenvalue weighted by molar-refractivity contribution is -0.138. The highest BCUT2D eigenvalue weighted by Crippen LogP contribution is 2.19. The smallest absolute Gasteiger partial charge is 0.331 e. The Morgan fingerprint density at radius 2 is 1.86 bits per heavy atom. The molecule has 0 atom stereocenters. The molecule has 1 fully saturated rings. The van der Waals surface area contributed by atoms with E-state index in [1.165, 1.54) is 40.7 Å². The summed E-state index contributed by atoms with van der Waals surface area (Å²) in [6.45, 7) is 1.32. The highest BCUT2D eigenvalue weighted by Gasteiger charge is 2.26. The molecule has 1 heterocycles. The lowest BCUT2D eigenvalue weighted by Crippen LogP contribution is -2.40. The quantitative estimate of drug-likeness (QED) is 0.546. The predicted octanol–water partition coefficient (Wildman–Crippen LogP) is 2.60. The monoisotopic (exact) mass is 405 g/mol. The third-order valence-corrected chi connectivity index (χ3v) is 6.06. The Morgan fingerprint density at radius 1 is 1.14 bits per heavy atom. The Hall–Kier alpha value is -2.55. The maximum absolute atomic E-state index is 12.9. The van der Waals surface area contributed by atoms with Crippen LogP contribution in [0.3, 0.4) is 0 Å². The Morgan fingerprint density at radius 3 is 2.57 bits per heavy atom. The first-order chi connectivity index (χ1) is 13.4. The highest BCUT2D eigenvalue weighted by atomic mass is 32.2. The van der Waals surface area contributed by atoms with Gasteiger partial charge < -0.3 is 9.47 Å². The van der Waals surface area contributed by atoms with Gasteiger partial charge in [-0.3, -0.25) is 0 Å². The average molecular weight is 405 g/mol. The first-order valence-corrected chi connectivity index (χ1v) is 10.2. The van der Waals surface area contributed by atoms with Gasteiger partial charge in [0.05, 0.1) is 18.1 Å². The van der Waals surface area contributed by atoms with Crippen LogP contribution in [0, 0.1) is 5.82 Å². The van der Waals surface area contributed by atoms with Gasteiger partial charge in [-0.2, -0.15) is 4.31 Å². The Labute approximate surface area is 163 Å². The van der Waals surface area contributed by atoms with Gasteiger partial charge in [0, 0.05) is 19.2 Å². The molecule has 0 aromatic heterocycles. The lowest BCUT2D eigenvalue weighted by Gasteiger charge is -2.26. The topological polar surface area (TPSA) is 72.9 Å². The molecule has 148 valence electrons. The number of halogens is 1. The number of morpholine rings is 1. The Kier molecular flexibility index (Phi) is 6.56. The number of benzene rings is 2. The zero-order valence-corrected chi connectivity index (χ0v) is 15.9. The highest BCUT2D eigenvalue weighted by molar-refractivity contribution is 7.89. The molecule has 1 saturated heterocycles. The van der Waals surface area contributed by atoms with Crippen molar-refractivity contribution in [2.24, 2.45) is 0 Å². The zero-order chi connectivity index (χ0) is 20.0. The minimum Gasteiger partial charge on any atom is -0.458 e. The summed E-state index contributed by atoms with van der Waals surface area (Å²) in [6.07, 6.45) is 2.75. The summed E-state index contributed by atoms with van der Waals surface area (Å²) in [5.74, 6) is -0.933. The number of esters is 1. The zero-order valence-electron chi connectivity index (χ0n) is 15.1. The van der Waals surface area contributed by atoms with Crippen LogP contribution in [0.25, 0.3) is 6.08 Å². The number of hydrogen-bond donors (Lipinski definition) is 0. The Balaban J connectivity index is 1.61. The molecule has 0 saturated carbocycles. The van der Waals surface area contributed by atoms with E-state index in [-0.39, 0.29) is 17.3 Å². The second-order valence-electron chi connectivity index (χ2n) is 6.16. The van der Waals surface area contributed by atoms with Crippen molar-refractivity contribution in [1.82, 2.24) is 4.31 Å². The molecule has 1 aliphatic heterocycles. The molecule has 8 heteroatoms. The van der Waals surface area contributed by atoms with E-state index >= 15 is 0 Å². The molecule has 0 aliphatic carbocycles. The van der Waals surface area contributed by atoms with Gasteiger partial charge in [0.2, 0.25) is 10.0 Å². The van der Waals surface area contributed by atoms with Gasteiger partial charge >= 0.3 is 5.97 Å². The normalized spacial score (nSPS) is 15.6. The van der Waals surface area contributed by atoms with Gasteiger partial charge in [-0.25, -0.2) is 17.6 Å². The van der Waals surface area contributed by atoms with E-state index in [4.69, 9.17) is 9.47 Å². The van der Waals surface area contributed by atoms with Crippen LogP contribution in [0.4, 0.5) is 4.39 Å². The van der Waals surface area contributed by atoms with Crippen LogP contribution in [-0.2, 0) is 30.9 Å². The summed E-state index contributed by atoms with van der Waals surface area (Å²) in [7, 11) is -3.60. The summed E-state index contributed by atoms with van der Waals surface area (Å²) in [5, 5.41) is 0. The summed E-state index contributed by atoms with van der Waals surface area (Å²) >= 11 is 0. The SMILES string of the molecule is O=C(/C=C/c1ccc(F)cc1)OCc1cccc(S(=O)(=O)N2CCOCC2)c1. The van der Waals surface area contributed by atoms with Crippen LogP contribution in [0.5, 0.6) is 0 Å². The molecule has 0 unspecified atom stereocenters. The van der Waals surface area contributed by atoms with Crippen LogP contribution in [0.15, 0.2) is 59.5 Å². The maximum atomic E-state index is 12.9. The van der Waals surface area contributed by atoms with Gasteiger partial charge in [0.15, 0.2) is 0 Å². The maximum Gasteiger partial charge on any atom is 0.331 e. The first kappa shape index (κ1) is 20.2. The molecule has 0 N–H and O–H groups in total. The van der Waals surface area contributed by atoms with Gasteiger partial charge in [0.1, 0.15) is 12.4 Å². The number of ether oxygens (including phenoxy) is 2. The minimum absolute atomic E-state index is 0.0565. The molecule has 0 bridgehead atoms. The molecule has 2 aromatic carbocycles. The van der Waals surface area contributed by atoms with Gasteiger partial charge in [0.25, 0.3) is 0 Å². The van der Waals surface area contributed by atoms with Gasteiger partial charge in [-0.05, 0) is 41.5 Å². The van der Waals surface area contributed by atoms with E-state index in [1.54, 1.807) is 24.3 Å². The Bertz CT molecular complexity index is 951. The molecular formula is C20H20FNO5S. The summed E-state index contributed by atoms with van der Waals surface area (Å²) in [5.41, 5.74) is 1.23. The standard InChI is InChI=1S/C20H20FNO5S/c21-18-7-4-16(5-8-18)6-9-20(23)27-15-17-2-1-3-19(14-17)28(24,25)22-10-12-26-13-11-22/h1-9,14H,10-13,15H2/b9-6+. The second kappa shape index (κ2) is 9.09. The minimum atomic E-state index is -3.60. The summed E-state index contributed by atoms with van der Waals surface area (Å²) in [6, 6.07) is 12.0. The lowest BCUT2D eigenvalue weighted by atomic mass is 10.2. The number of carbonyl (C=O) groups is 1. The molecule has 3 rings (SSSR count). The third-order valence-electron chi connectivity index (χ3n) is 4.17. The van der Waals surface area contributed by atoms with E-state index in [0.29, 0.717) is 37.4 Å². The first-order valence-electron chi connectivity index (χ1n) is 8.72. The molecule has 0 amide bonds. The molecule has 2 aromatic rings. The molecule has 6 nitrogen and oxygen atoms in total. The number of hydrogen-bond acceptors (Lipinski definition) is 5. The van der Waals surface area contributed by atoms with E-state index < -0.39 is 16.0 Å². The van der Waals surface area contributed by atoms with Crippen LogP contribution in [0.2, 0.25) is 0 Å². The molecule has 0 radical (unpaired) electrons. The van der Waals surface area contributed by atoms with Crippen LogP contribution in [0.1, 0.15) is 11.1 Å². The fourth-order valence-corrected chi connectivity index (χ4v) is 4.15. The summed E-state index contributed by atoms with van der Waals surface area (Å²) in [4.78, 5) is 12.0. The van der Waals surface area contributed by atoms with Crippen LogP contribution >= 0.6 is 0 Å². The van der Waals surface area contributed by atoms with Crippen molar-refractivity contribution >= 4 is 22.1 Å². The van der Waals surface area contributed by atoms with Crippen molar-refractivity contribution < 1.29 is 27.1 Å². The van der Waals surface area contributed by atoms with Crippen molar-refractivity contribution in [1.29, 1.82) is 0 Å². The second-order valence-corrected chi connectivity index (χ2v) is 8.09. The van der Waals surface area contributed by atoms with Crippen LogP contribution < -0.4 is 0 Å². The van der Waals surface area contributed by atoms with Crippen molar-refractivity contribution in [3.63, 3.8) is 0 Å². The molecule has 0 spiro atoms. The number of carbonyl (C=O) groups excluding carboxylic acids is 1. The largest absolute Gasteiger partial charge is 0.458 e. The predicted molar refractivity (Wildman–Crippen MR) is 101 cm³/mol. The van der Waals surface area contributed by atoms with Crippen molar-refractivity contribution in [3.8, 4) is 0 Å². The van der Waals surface area contributed by atoms with Crippen molar-refractivity contribution in [2.45, 2.75) is 11.5 Å². The van der Waals surface area contributed by atoms with E-state index in [0.717, 1.165) is 0 Å². The fraction of sp³-hybridized carbons (Fsp3) is 0.250. The summed E-state index contributed by atoms with van der Waals surface area (Å²) < 4.78 is 50.0. The number of nitrogens with zero attached hydrogens (tertiary/aromatic N) is 1. The van der Waals surface area contributed by atoms with Gasteiger partial charge in [-0.15, -0.1) is 0 Å². The molecular weight excluding hydrogens is 385 g/mol. The third kappa shape index (κ3) is 5.25. The van der Waals surface area contributed by atoms with Crippen molar-refractivity contribution in [2.75, 3.05) is 26.3 Å². The average Bonchev–Trinajstić information content (AvgIpc) is 2.72. The van der Waals surface area contributed by atoms with Crippen LogP contribution in [-0.4, -0.2) is 45.0 Å².